The van der Waals surface area contributed by atoms with E-state index in [1.807, 2.05) is 19.9 Å². The molecule has 0 bridgehead atoms. The summed E-state index contributed by atoms with van der Waals surface area (Å²) in [6.45, 7) is 5.50. The number of allylic oxidation sites excluding steroid dienone is 2. The lowest BCUT2D eigenvalue weighted by molar-refractivity contribution is 0.0969. The fourth-order valence-corrected chi connectivity index (χ4v) is 3.76. The third-order valence-electron chi connectivity index (χ3n) is 5.56. The Balaban J connectivity index is 0.00000306. The van der Waals surface area contributed by atoms with Gasteiger partial charge < -0.3 is 10.1 Å². The van der Waals surface area contributed by atoms with Crippen LogP contribution in [0, 0.1) is 0 Å². The Labute approximate surface area is 197 Å². The molecule has 1 N–H and O–H groups in total. The van der Waals surface area contributed by atoms with Crippen LogP contribution in [-0.2, 0) is 20.1 Å². The molecule has 0 amide bonds. The van der Waals surface area contributed by atoms with E-state index in [9.17, 15) is 14.4 Å². The molecule has 176 valence electrons. The largest absolute Gasteiger partial charge is 0.460 e. The molecule has 10 heteroatoms. The molecule has 3 aromatic rings. The summed E-state index contributed by atoms with van der Waals surface area (Å²) < 4.78 is 10.1. The molecule has 1 fully saturated rings. The first-order valence-electron chi connectivity index (χ1n) is 10.7. The number of carbonyl (C=O) groups is 1. The van der Waals surface area contributed by atoms with Crippen LogP contribution in [0.3, 0.4) is 0 Å². The number of aromatic nitrogens is 4. The maximum atomic E-state index is 13.4. The van der Waals surface area contributed by atoms with Gasteiger partial charge in [-0.05, 0) is 26.8 Å². The second kappa shape index (κ2) is 10.2. The van der Waals surface area contributed by atoms with E-state index in [0.717, 1.165) is 23.1 Å². The minimum atomic E-state index is -0.590. The van der Waals surface area contributed by atoms with Gasteiger partial charge in [0.05, 0.1) is 6.54 Å². The Hall–Kier alpha value is -3.17. The van der Waals surface area contributed by atoms with Crippen LogP contribution in [0.15, 0.2) is 51.6 Å². The number of ether oxygens (including phenoxy) is 1. The van der Waals surface area contributed by atoms with Gasteiger partial charge in [0, 0.05) is 25.7 Å². The van der Waals surface area contributed by atoms with Crippen LogP contribution >= 0.6 is 12.4 Å². The SMILES string of the molecule is CC(C)=CCn1c(O[C@H]2CCNC2)nc2c1c(=O)n(CC(=O)c1ccccc1)c(=O)n2C.Cl. The molecule has 2 aromatic heterocycles. The van der Waals surface area contributed by atoms with Crippen LogP contribution in [0.25, 0.3) is 11.2 Å². The molecule has 33 heavy (non-hydrogen) atoms. The summed E-state index contributed by atoms with van der Waals surface area (Å²) in [5.41, 5.74) is 0.856. The van der Waals surface area contributed by atoms with Crippen LogP contribution < -0.4 is 21.3 Å². The maximum absolute atomic E-state index is 13.4. The second-order valence-electron chi connectivity index (χ2n) is 8.21. The van der Waals surface area contributed by atoms with Crippen molar-refractivity contribution < 1.29 is 9.53 Å². The Morgan fingerprint density at radius 3 is 2.58 bits per heavy atom. The van der Waals surface area contributed by atoms with Crippen LogP contribution in [0.1, 0.15) is 30.6 Å². The number of imidazole rings is 1. The number of Topliss-reactive ketones (excluding diaryl/α,β-unsaturated/α-hetero) is 1. The zero-order valence-corrected chi connectivity index (χ0v) is 19.7. The average molecular weight is 474 g/mol. The predicted octanol–water partition coefficient (Wildman–Crippen LogP) is 1.91. The van der Waals surface area contributed by atoms with Crippen LogP contribution in [0.5, 0.6) is 6.01 Å². The first kappa shape index (κ1) is 24.5. The Morgan fingerprint density at radius 1 is 1.21 bits per heavy atom. The van der Waals surface area contributed by atoms with Crippen LogP contribution in [0.4, 0.5) is 0 Å². The summed E-state index contributed by atoms with van der Waals surface area (Å²) in [4.78, 5) is 43.6. The number of nitrogens with one attached hydrogen (secondary N) is 1. The summed E-state index contributed by atoms with van der Waals surface area (Å²) in [7, 11) is 1.55. The molecule has 0 unspecified atom stereocenters. The highest BCUT2D eigenvalue weighted by molar-refractivity contribution is 5.95. The third kappa shape index (κ3) is 4.94. The van der Waals surface area contributed by atoms with Gasteiger partial charge in [0.25, 0.3) is 11.6 Å². The Bertz CT molecular complexity index is 1300. The van der Waals surface area contributed by atoms with Gasteiger partial charge in [-0.1, -0.05) is 42.0 Å². The van der Waals surface area contributed by atoms with Gasteiger partial charge in [-0.25, -0.2) is 4.79 Å². The number of hydrogen-bond donors (Lipinski definition) is 1. The lowest BCUT2D eigenvalue weighted by atomic mass is 10.1. The predicted molar refractivity (Wildman–Crippen MR) is 129 cm³/mol. The molecule has 0 aliphatic carbocycles. The van der Waals surface area contributed by atoms with E-state index >= 15 is 0 Å². The van der Waals surface area contributed by atoms with Crippen LogP contribution in [0.2, 0.25) is 0 Å². The van der Waals surface area contributed by atoms with E-state index < -0.39 is 11.2 Å². The number of nitrogens with zero attached hydrogens (tertiary/aromatic N) is 4. The molecule has 3 heterocycles. The molecule has 9 nitrogen and oxygen atoms in total. The maximum Gasteiger partial charge on any atom is 0.332 e. The number of hydrogen-bond acceptors (Lipinski definition) is 6. The van der Waals surface area contributed by atoms with Crippen molar-refractivity contribution in [3.8, 4) is 6.01 Å². The number of ketones is 1. The van der Waals surface area contributed by atoms with Crippen molar-refractivity contribution in [2.75, 3.05) is 13.1 Å². The second-order valence-corrected chi connectivity index (χ2v) is 8.21. The first-order chi connectivity index (χ1) is 15.4. The highest BCUT2D eigenvalue weighted by Gasteiger charge is 2.25. The fraction of sp³-hybridized carbons (Fsp3) is 0.391. The van der Waals surface area contributed by atoms with Crippen LogP contribution in [-0.4, -0.2) is 43.7 Å². The molecule has 0 saturated carbocycles. The monoisotopic (exact) mass is 473 g/mol. The lowest BCUT2D eigenvalue weighted by Crippen LogP contribution is -2.41. The highest BCUT2D eigenvalue weighted by Crippen LogP contribution is 2.21. The summed E-state index contributed by atoms with van der Waals surface area (Å²) in [5, 5.41) is 3.24. The first-order valence-corrected chi connectivity index (χ1v) is 10.7. The van der Waals surface area contributed by atoms with Crippen molar-refractivity contribution in [1.82, 2.24) is 24.0 Å². The molecule has 1 saturated heterocycles. The smallest absolute Gasteiger partial charge is 0.332 e. The zero-order valence-electron chi connectivity index (χ0n) is 18.9. The normalized spacial score (nSPS) is 15.3. The van der Waals surface area contributed by atoms with Gasteiger partial charge >= 0.3 is 5.69 Å². The summed E-state index contributed by atoms with van der Waals surface area (Å²) in [6.07, 6.45) is 2.74. The van der Waals surface area contributed by atoms with Gasteiger partial charge in [0.1, 0.15) is 6.10 Å². The molecule has 1 aromatic carbocycles. The fourth-order valence-electron chi connectivity index (χ4n) is 3.76. The van der Waals surface area contributed by atoms with Crippen molar-refractivity contribution in [2.24, 2.45) is 7.05 Å². The topological polar surface area (TPSA) is 100 Å². The number of rotatable bonds is 7. The van der Waals surface area contributed by atoms with Crippen molar-refractivity contribution in [2.45, 2.75) is 39.5 Å². The average Bonchev–Trinajstić information content (AvgIpc) is 3.42. The number of halogens is 1. The van der Waals surface area contributed by atoms with Crippen molar-refractivity contribution in [1.29, 1.82) is 0 Å². The number of aryl methyl sites for hydroxylation is 1. The quantitative estimate of drug-likeness (QED) is 0.415. The van der Waals surface area contributed by atoms with Crippen molar-refractivity contribution >= 4 is 29.4 Å². The molecular weight excluding hydrogens is 446 g/mol. The van der Waals surface area contributed by atoms with Gasteiger partial charge in [-0.3, -0.25) is 23.3 Å². The zero-order chi connectivity index (χ0) is 22.8. The lowest BCUT2D eigenvalue weighted by Gasteiger charge is -2.13. The van der Waals surface area contributed by atoms with Gasteiger partial charge in [-0.15, -0.1) is 12.4 Å². The molecule has 0 spiro atoms. The Kier molecular flexibility index (Phi) is 7.55. The van der Waals surface area contributed by atoms with Gasteiger partial charge in [0.2, 0.25) is 0 Å². The van der Waals surface area contributed by atoms with E-state index in [-0.39, 0.29) is 42.0 Å². The molecule has 4 rings (SSSR count). The van der Waals surface area contributed by atoms with E-state index in [1.54, 1.807) is 41.9 Å². The number of fused-ring (bicyclic) bond motifs is 1. The highest BCUT2D eigenvalue weighted by atomic mass is 35.5. The number of carbonyl (C=O) groups excluding carboxylic acids is 1. The Morgan fingerprint density at radius 2 is 1.94 bits per heavy atom. The van der Waals surface area contributed by atoms with E-state index in [2.05, 4.69) is 10.3 Å². The third-order valence-corrected chi connectivity index (χ3v) is 5.56. The van der Waals surface area contributed by atoms with E-state index in [4.69, 9.17) is 4.74 Å². The van der Waals surface area contributed by atoms with Crippen molar-refractivity contribution in [3.63, 3.8) is 0 Å². The van der Waals surface area contributed by atoms with E-state index in [0.29, 0.717) is 24.7 Å². The standard InChI is InChI=1S/C23H27N5O4.ClH/c1-15(2)10-12-27-19-20(25-22(27)32-17-9-11-24-13-17)26(3)23(31)28(21(19)30)14-18(29)16-7-5-4-6-8-16;/h4-8,10,17,24H,9,11-14H2,1-3H3;1H/t17-;/m0./s1. The molecule has 1 aliphatic rings. The summed E-state index contributed by atoms with van der Waals surface area (Å²) in [6, 6.07) is 8.91. The van der Waals surface area contributed by atoms with E-state index in [1.165, 1.54) is 4.57 Å². The minimum absolute atomic E-state index is 0. The molecular formula is C23H28ClN5O4. The van der Waals surface area contributed by atoms with Gasteiger partial charge in [-0.2, -0.15) is 4.98 Å². The molecule has 1 atom stereocenters. The molecule has 0 radical (unpaired) electrons. The van der Waals surface area contributed by atoms with Crippen molar-refractivity contribution in [3.05, 3.63) is 68.4 Å². The summed E-state index contributed by atoms with van der Waals surface area (Å²) >= 11 is 0. The number of benzene rings is 1. The summed E-state index contributed by atoms with van der Waals surface area (Å²) in [5.74, 6) is -0.312. The molecule has 1 aliphatic heterocycles. The van der Waals surface area contributed by atoms with Gasteiger partial charge in [0.15, 0.2) is 16.9 Å². The minimum Gasteiger partial charge on any atom is -0.460 e.